The Morgan fingerprint density at radius 3 is 2.73 bits per heavy atom. The first-order chi connectivity index (χ1) is 12.4. The summed E-state index contributed by atoms with van der Waals surface area (Å²) in [6, 6.07) is 9.87. The first-order valence-electron chi connectivity index (χ1n) is 7.33. The molecule has 0 aliphatic carbocycles. The number of carbonyl (C=O) groups is 2. The van der Waals surface area contributed by atoms with Crippen LogP contribution in [0.5, 0.6) is 11.5 Å². The van der Waals surface area contributed by atoms with Crippen molar-refractivity contribution < 1.29 is 19.4 Å². The molecule has 0 heterocycles. The van der Waals surface area contributed by atoms with E-state index in [1.54, 1.807) is 36.4 Å². The van der Waals surface area contributed by atoms with Crippen LogP contribution in [0.2, 0.25) is 5.02 Å². The quantitative estimate of drug-likeness (QED) is 0.364. The van der Waals surface area contributed by atoms with E-state index in [1.165, 1.54) is 13.3 Å². The first kappa shape index (κ1) is 19.7. The highest BCUT2D eigenvalue weighted by Gasteiger charge is 2.11. The van der Waals surface area contributed by atoms with E-state index >= 15 is 0 Å². The second-order valence-corrected chi connectivity index (χ2v) is 6.37. The molecule has 9 heteroatoms. The number of para-hydroxylation sites is 1. The van der Waals surface area contributed by atoms with Crippen molar-refractivity contribution in [2.24, 2.45) is 5.10 Å². The predicted octanol–water partition coefficient (Wildman–Crippen LogP) is 3.30. The zero-order valence-electron chi connectivity index (χ0n) is 13.6. The largest absolute Gasteiger partial charge is 0.504 e. The lowest BCUT2D eigenvalue weighted by Crippen LogP contribution is -2.24. The smallest absolute Gasteiger partial charge is 0.249 e. The lowest BCUT2D eigenvalue weighted by Gasteiger charge is -2.07. The van der Waals surface area contributed by atoms with Gasteiger partial charge in [0, 0.05) is 10.0 Å². The molecule has 0 aromatic heterocycles. The number of rotatable bonds is 6. The van der Waals surface area contributed by atoms with E-state index in [-0.39, 0.29) is 11.5 Å². The second kappa shape index (κ2) is 9.21. The van der Waals surface area contributed by atoms with Crippen molar-refractivity contribution in [2.45, 2.75) is 6.42 Å². The minimum Gasteiger partial charge on any atom is -0.504 e. The molecule has 0 fully saturated rings. The Labute approximate surface area is 163 Å². The Hall–Kier alpha value is -2.58. The summed E-state index contributed by atoms with van der Waals surface area (Å²) in [5, 5.41) is 16.6. The Morgan fingerprint density at radius 1 is 1.31 bits per heavy atom. The van der Waals surface area contributed by atoms with E-state index in [2.05, 4.69) is 31.8 Å². The fourth-order valence-electron chi connectivity index (χ4n) is 1.96. The van der Waals surface area contributed by atoms with Crippen molar-refractivity contribution in [2.75, 3.05) is 12.4 Å². The van der Waals surface area contributed by atoms with Crippen molar-refractivity contribution in [3.05, 3.63) is 51.5 Å². The van der Waals surface area contributed by atoms with Gasteiger partial charge >= 0.3 is 0 Å². The van der Waals surface area contributed by atoms with E-state index < -0.39 is 18.2 Å². The number of nitrogens with one attached hydrogen (secondary N) is 2. The van der Waals surface area contributed by atoms with Gasteiger partial charge in [0.15, 0.2) is 11.5 Å². The molecule has 26 heavy (non-hydrogen) atoms. The fraction of sp³-hybridized carbons (Fsp3) is 0.118. The van der Waals surface area contributed by atoms with Crippen LogP contribution < -0.4 is 15.5 Å². The van der Waals surface area contributed by atoms with Crippen LogP contribution in [0.25, 0.3) is 0 Å². The van der Waals surface area contributed by atoms with Crippen molar-refractivity contribution in [3.8, 4) is 11.5 Å². The van der Waals surface area contributed by atoms with Crippen molar-refractivity contribution in [1.29, 1.82) is 0 Å². The summed E-state index contributed by atoms with van der Waals surface area (Å²) in [7, 11) is 1.42. The third-order valence-electron chi connectivity index (χ3n) is 3.15. The third kappa shape index (κ3) is 5.47. The predicted molar refractivity (Wildman–Crippen MR) is 103 cm³/mol. The summed E-state index contributed by atoms with van der Waals surface area (Å²) in [5.74, 6) is -1.01. The Bertz CT molecular complexity index is 858. The van der Waals surface area contributed by atoms with Gasteiger partial charge < -0.3 is 15.2 Å². The number of nitrogens with zero attached hydrogens (tertiary/aromatic N) is 1. The van der Waals surface area contributed by atoms with E-state index in [1.807, 2.05) is 0 Å². The molecule has 0 bridgehead atoms. The molecule has 2 rings (SSSR count). The van der Waals surface area contributed by atoms with Gasteiger partial charge in [0.2, 0.25) is 11.8 Å². The number of carbonyl (C=O) groups excluding carboxylic acids is 2. The maximum Gasteiger partial charge on any atom is 0.249 e. The van der Waals surface area contributed by atoms with Crippen LogP contribution in [0.3, 0.4) is 0 Å². The number of aromatic hydroxyl groups is 1. The summed E-state index contributed by atoms with van der Waals surface area (Å²) < 4.78 is 5.69. The number of hydrogen-bond donors (Lipinski definition) is 3. The summed E-state index contributed by atoms with van der Waals surface area (Å²) in [5.41, 5.74) is 2.96. The highest BCUT2D eigenvalue weighted by Crippen LogP contribution is 2.32. The number of anilines is 1. The van der Waals surface area contributed by atoms with Crippen LogP contribution in [-0.4, -0.2) is 30.2 Å². The number of hydrazone groups is 1. The maximum absolute atomic E-state index is 11.8. The lowest BCUT2D eigenvalue weighted by atomic mass is 10.2. The van der Waals surface area contributed by atoms with Crippen molar-refractivity contribution >= 4 is 51.2 Å². The highest BCUT2D eigenvalue weighted by atomic mass is 79.9. The van der Waals surface area contributed by atoms with E-state index in [0.29, 0.717) is 20.7 Å². The van der Waals surface area contributed by atoms with Gasteiger partial charge in [-0.3, -0.25) is 9.59 Å². The number of methoxy groups -OCH3 is 1. The number of phenols is 1. The highest BCUT2D eigenvalue weighted by molar-refractivity contribution is 9.10. The van der Waals surface area contributed by atoms with Gasteiger partial charge in [-0.05, 0) is 24.3 Å². The molecular weight excluding hydrogens is 426 g/mol. The topological polar surface area (TPSA) is 100 Å². The molecule has 0 saturated heterocycles. The molecule has 0 aliphatic rings. The molecule has 136 valence electrons. The van der Waals surface area contributed by atoms with Gasteiger partial charge in [-0.15, -0.1) is 0 Å². The van der Waals surface area contributed by atoms with Crippen LogP contribution in [-0.2, 0) is 9.59 Å². The lowest BCUT2D eigenvalue weighted by molar-refractivity contribution is -0.126. The van der Waals surface area contributed by atoms with Gasteiger partial charge in [-0.2, -0.15) is 5.10 Å². The van der Waals surface area contributed by atoms with Gasteiger partial charge in [0.25, 0.3) is 0 Å². The Balaban J connectivity index is 1.92. The average Bonchev–Trinajstić information content (AvgIpc) is 2.59. The molecule has 7 nitrogen and oxygen atoms in total. The monoisotopic (exact) mass is 439 g/mol. The third-order valence-corrected chi connectivity index (χ3v) is 3.94. The number of benzene rings is 2. The number of amides is 2. The van der Waals surface area contributed by atoms with Gasteiger partial charge in [0.05, 0.1) is 24.0 Å². The molecule has 0 saturated carbocycles. The molecular formula is C17H15BrClN3O4. The number of ether oxygens (including phenoxy) is 1. The second-order valence-electron chi connectivity index (χ2n) is 5.04. The molecule has 2 amide bonds. The van der Waals surface area contributed by atoms with Crippen LogP contribution in [0.4, 0.5) is 5.69 Å². The average molecular weight is 441 g/mol. The molecule has 2 aromatic rings. The van der Waals surface area contributed by atoms with Crippen LogP contribution in [0.15, 0.2) is 46.0 Å². The minimum atomic E-state index is -0.618. The number of phenolic OH excluding ortho intramolecular Hbond substituents is 1. The molecule has 2 aromatic carbocycles. The first-order valence-corrected chi connectivity index (χ1v) is 8.50. The fourth-order valence-corrected chi connectivity index (χ4v) is 2.60. The molecule has 0 unspecified atom stereocenters. The van der Waals surface area contributed by atoms with Crippen LogP contribution in [0.1, 0.15) is 12.0 Å². The van der Waals surface area contributed by atoms with E-state index in [0.717, 1.165) is 0 Å². The molecule has 0 spiro atoms. The Morgan fingerprint density at radius 2 is 2.04 bits per heavy atom. The maximum atomic E-state index is 11.8. The standard InChI is InChI=1S/C17H15BrClN3O4/c1-26-14-7-11(18)6-10(17(14)25)9-20-22-16(24)8-15(23)21-13-5-3-2-4-12(13)19/h2-7,9,25H,8H2,1H3,(H,21,23)(H,22,24). The summed E-state index contributed by atoms with van der Waals surface area (Å²) >= 11 is 9.21. The number of halogens is 2. The summed E-state index contributed by atoms with van der Waals surface area (Å²) in [6.07, 6.45) is 0.808. The van der Waals surface area contributed by atoms with Gasteiger partial charge in [0.1, 0.15) is 6.42 Å². The molecule has 0 aliphatic heterocycles. The number of hydrogen-bond acceptors (Lipinski definition) is 5. The van der Waals surface area contributed by atoms with Crippen molar-refractivity contribution in [3.63, 3.8) is 0 Å². The Kier molecular flexibility index (Phi) is 6.99. The minimum absolute atomic E-state index is 0.120. The zero-order chi connectivity index (χ0) is 19.1. The van der Waals surface area contributed by atoms with Crippen LogP contribution in [0, 0.1) is 0 Å². The molecule has 3 N–H and O–H groups in total. The van der Waals surface area contributed by atoms with Crippen molar-refractivity contribution in [1.82, 2.24) is 5.43 Å². The zero-order valence-corrected chi connectivity index (χ0v) is 16.0. The van der Waals surface area contributed by atoms with Crippen LogP contribution >= 0.6 is 27.5 Å². The van der Waals surface area contributed by atoms with E-state index in [9.17, 15) is 14.7 Å². The van der Waals surface area contributed by atoms with E-state index in [4.69, 9.17) is 16.3 Å². The molecule has 0 atom stereocenters. The van der Waals surface area contributed by atoms with Gasteiger partial charge in [-0.25, -0.2) is 5.43 Å². The SMILES string of the molecule is COc1cc(Br)cc(C=NNC(=O)CC(=O)Nc2ccccc2Cl)c1O. The normalized spacial score (nSPS) is 10.6. The summed E-state index contributed by atoms with van der Waals surface area (Å²) in [4.78, 5) is 23.6. The molecule has 0 radical (unpaired) electrons. The summed E-state index contributed by atoms with van der Waals surface area (Å²) in [6.45, 7) is 0. The van der Waals surface area contributed by atoms with Gasteiger partial charge in [-0.1, -0.05) is 39.7 Å².